The van der Waals surface area contributed by atoms with Crippen LogP contribution in [0.3, 0.4) is 0 Å². The standard InChI is InChI=1S/C16H32N4O2S.HI/c1-12(2)13-11-20(9-10-23-13)14(17-6)18-7-8-19-15(21)22-16(3,4)5;/h12-13H,7-11H2,1-6H3,(H,17,18)(H,19,21);1H. The topological polar surface area (TPSA) is 66.0 Å². The lowest BCUT2D eigenvalue weighted by Gasteiger charge is -2.36. The molecule has 0 spiro atoms. The summed E-state index contributed by atoms with van der Waals surface area (Å²) >= 11 is 2.04. The molecule has 1 fully saturated rings. The van der Waals surface area contributed by atoms with E-state index < -0.39 is 5.60 Å². The van der Waals surface area contributed by atoms with Crippen molar-refractivity contribution < 1.29 is 9.53 Å². The van der Waals surface area contributed by atoms with Crippen LogP contribution >= 0.6 is 35.7 Å². The van der Waals surface area contributed by atoms with Gasteiger partial charge in [-0.3, -0.25) is 4.99 Å². The van der Waals surface area contributed by atoms with Gasteiger partial charge in [0.05, 0.1) is 0 Å². The van der Waals surface area contributed by atoms with Crippen LogP contribution in [0.4, 0.5) is 4.79 Å². The van der Waals surface area contributed by atoms with E-state index in [2.05, 4.69) is 34.4 Å². The molecule has 0 radical (unpaired) electrons. The van der Waals surface area contributed by atoms with Crippen LogP contribution in [0.2, 0.25) is 0 Å². The van der Waals surface area contributed by atoms with Crippen molar-refractivity contribution in [3.63, 3.8) is 0 Å². The van der Waals surface area contributed by atoms with E-state index in [9.17, 15) is 4.79 Å². The quantitative estimate of drug-likeness (QED) is 0.285. The lowest BCUT2D eigenvalue weighted by molar-refractivity contribution is 0.0529. The lowest BCUT2D eigenvalue weighted by Crippen LogP contribution is -2.50. The summed E-state index contributed by atoms with van der Waals surface area (Å²) in [5.74, 6) is 2.69. The van der Waals surface area contributed by atoms with E-state index in [0.717, 1.165) is 24.8 Å². The van der Waals surface area contributed by atoms with E-state index in [4.69, 9.17) is 4.74 Å². The molecule has 1 unspecified atom stereocenters. The largest absolute Gasteiger partial charge is 0.444 e. The number of aliphatic imine (C=N–C) groups is 1. The molecule has 1 atom stereocenters. The van der Waals surface area contributed by atoms with Crippen LogP contribution in [0.5, 0.6) is 0 Å². The van der Waals surface area contributed by atoms with Gasteiger partial charge in [0.1, 0.15) is 5.60 Å². The Bertz CT molecular complexity index is 413. The van der Waals surface area contributed by atoms with Crippen molar-refractivity contribution in [3.05, 3.63) is 0 Å². The van der Waals surface area contributed by atoms with Crippen molar-refractivity contribution in [2.45, 2.75) is 45.5 Å². The van der Waals surface area contributed by atoms with E-state index >= 15 is 0 Å². The first kappa shape index (κ1) is 23.6. The number of thioether (sulfide) groups is 1. The molecule has 0 aromatic carbocycles. The molecule has 1 aliphatic heterocycles. The lowest BCUT2D eigenvalue weighted by atomic mass is 10.1. The number of guanidine groups is 1. The number of amides is 1. The van der Waals surface area contributed by atoms with Crippen LogP contribution in [0, 0.1) is 5.92 Å². The summed E-state index contributed by atoms with van der Waals surface area (Å²) in [5.41, 5.74) is -0.467. The zero-order valence-corrected chi connectivity index (χ0v) is 18.9. The highest BCUT2D eigenvalue weighted by Gasteiger charge is 2.24. The fourth-order valence-corrected chi connectivity index (χ4v) is 3.56. The van der Waals surface area contributed by atoms with Crippen molar-refractivity contribution in [2.75, 3.05) is 39.0 Å². The molecule has 6 nitrogen and oxygen atoms in total. The maximum atomic E-state index is 11.6. The highest BCUT2D eigenvalue weighted by atomic mass is 127. The second kappa shape index (κ2) is 11.3. The Labute approximate surface area is 168 Å². The van der Waals surface area contributed by atoms with Gasteiger partial charge in [-0.05, 0) is 26.7 Å². The molecule has 1 saturated heterocycles. The normalized spacial score (nSPS) is 18.9. The molecule has 1 amide bonds. The number of rotatable bonds is 4. The third-order valence-electron chi connectivity index (χ3n) is 3.42. The Balaban J connectivity index is 0.00000529. The first-order chi connectivity index (χ1) is 10.7. The van der Waals surface area contributed by atoms with E-state index in [1.165, 1.54) is 0 Å². The van der Waals surface area contributed by atoms with Gasteiger partial charge in [-0.2, -0.15) is 11.8 Å². The molecule has 24 heavy (non-hydrogen) atoms. The van der Waals surface area contributed by atoms with Gasteiger partial charge in [-0.25, -0.2) is 4.79 Å². The Hall–Kier alpha value is -0.380. The van der Waals surface area contributed by atoms with E-state index in [-0.39, 0.29) is 30.1 Å². The van der Waals surface area contributed by atoms with Crippen LogP contribution in [-0.4, -0.2) is 66.8 Å². The van der Waals surface area contributed by atoms with Crippen molar-refractivity contribution in [1.82, 2.24) is 15.5 Å². The SMILES string of the molecule is CN=C(NCCNC(=O)OC(C)(C)C)N1CCSC(C(C)C)C1.I. The molecule has 1 aliphatic rings. The number of nitrogens with one attached hydrogen (secondary N) is 2. The Morgan fingerprint density at radius 2 is 1.96 bits per heavy atom. The van der Waals surface area contributed by atoms with Gasteiger partial charge in [-0.15, -0.1) is 24.0 Å². The molecule has 0 bridgehead atoms. The molecule has 8 heteroatoms. The number of nitrogens with zero attached hydrogens (tertiary/aromatic N) is 2. The van der Waals surface area contributed by atoms with Crippen LogP contribution in [-0.2, 0) is 4.74 Å². The molecule has 2 N–H and O–H groups in total. The third-order valence-corrected chi connectivity index (χ3v) is 4.96. The summed E-state index contributed by atoms with van der Waals surface area (Å²) in [6, 6.07) is 0. The molecule has 0 saturated carbocycles. The van der Waals surface area contributed by atoms with Crippen molar-refractivity contribution in [2.24, 2.45) is 10.9 Å². The van der Waals surface area contributed by atoms with Crippen molar-refractivity contribution in [3.8, 4) is 0 Å². The van der Waals surface area contributed by atoms with Gasteiger partial charge >= 0.3 is 6.09 Å². The third kappa shape index (κ3) is 9.19. The molecule has 1 heterocycles. The van der Waals surface area contributed by atoms with Gasteiger partial charge in [0.25, 0.3) is 0 Å². The second-order valence-corrected chi connectivity index (χ2v) is 8.35. The maximum absolute atomic E-state index is 11.6. The minimum Gasteiger partial charge on any atom is -0.444 e. The number of alkyl carbamates (subject to hydrolysis) is 1. The molecular weight excluding hydrogens is 439 g/mol. The first-order valence-electron chi connectivity index (χ1n) is 8.27. The Kier molecular flexibility index (Phi) is 11.1. The molecule has 0 aromatic rings. The predicted octanol–water partition coefficient (Wildman–Crippen LogP) is 2.78. The predicted molar refractivity (Wildman–Crippen MR) is 114 cm³/mol. The number of hydrogen-bond donors (Lipinski definition) is 2. The van der Waals surface area contributed by atoms with Crippen LogP contribution in [0.15, 0.2) is 4.99 Å². The van der Waals surface area contributed by atoms with E-state index in [0.29, 0.717) is 24.3 Å². The number of carbonyl (C=O) groups is 1. The number of carbonyl (C=O) groups excluding carboxylic acids is 1. The molecule has 0 aromatic heterocycles. The zero-order valence-electron chi connectivity index (χ0n) is 15.7. The molecule has 1 rings (SSSR count). The van der Waals surface area contributed by atoms with Gasteiger partial charge in [0, 0.05) is 44.2 Å². The first-order valence-corrected chi connectivity index (χ1v) is 9.32. The molecular formula is C16H33IN4O2S. The van der Waals surface area contributed by atoms with Crippen LogP contribution in [0.25, 0.3) is 0 Å². The summed E-state index contributed by atoms with van der Waals surface area (Å²) < 4.78 is 5.21. The fourth-order valence-electron chi connectivity index (χ4n) is 2.26. The molecule has 0 aliphatic carbocycles. The average molecular weight is 472 g/mol. The highest BCUT2D eigenvalue weighted by molar-refractivity contribution is 14.0. The van der Waals surface area contributed by atoms with Crippen molar-refractivity contribution >= 4 is 47.8 Å². The molecule has 142 valence electrons. The van der Waals surface area contributed by atoms with Gasteiger partial charge in [0.15, 0.2) is 5.96 Å². The average Bonchev–Trinajstić information content (AvgIpc) is 2.45. The van der Waals surface area contributed by atoms with E-state index in [1.807, 2.05) is 32.5 Å². The number of ether oxygens (including phenoxy) is 1. The Morgan fingerprint density at radius 1 is 1.33 bits per heavy atom. The number of hydrogen-bond acceptors (Lipinski definition) is 4. The van der Waals surface area contributed by atoms with Gasteiger partial charge in [0.2, 0.25) is 0 Å². The Morgan fingerprint density at radius 3 is 2.50 bits per heavy atom. The van der Waals surface area contributed by atoms with Gasteiger partial charge in [-0.1, -0.05) is 13.8 Å². The minimum absolute atomic E-state index is 0. The summed E-state index contributed by atoms with van der Waals surface area (Å²) in [6.45, 7) is 13.2. The summed E-state index contributed by atoms with van der Waals surface area (Å²) in [4.78, 5) is 18.2. The zero-order chi connectivity index (χ0) is 17.5. The van der Waals surface area contributed by atoms with E-state index in [1.54, 1.807) is 7.05 Å². The number of halogens is 1. The second-order valence-electron chi connectivity index (χ2n) is 7.00. The summed E-state index contributed by atoms with van der Waals surface area (Å²) in [5, 5.41) is 6.70. The van der Waals surface area contributed by atoms with Crippen molar-refractivity contribution in [1.29, 1.82) is 0 Å². The monoisotopic (exact) mass is 472 g/mol. The summed E-state index contributed by atoms with van der Waals surface area (Å²) in [6.07, 6.45) is -0.386. The smallest absolute Gasteiger partial charge is 0.407 e. The fraction of sp³-hybridized carbons (Fsp3) is 0.875. The minimum atomic E-state index is -0.467. The highest BCUT2D eigenvalue weighted by Crippen LogP contribution is 2.24. The van der Waals surface area contributed by atoms with Crippen LogP contribution < -0.4 is 10.6 Å². The van der Waals surface area contributed by atoms with Crippen LogP contribution in [0.1, 0.15) is 34.6 Å². The maximum Gasteiger partial charge on any atom is 0.407 e. The summed E-state index contributed by atoms with van der Waals surface area (Å²) in [7, 11) is 1.80. The van der Waals surface area contributed by atoms with Gasteiger partial charge < -0.3 is 20.3 Å².